The van der Waals surface area contributed by atoms with Gasteiger partial charge in [-0.3, -0.25) is 0 Å². The van der Waals surface area contributed by atoms with Crippen molar-refractivity contribution >= 4 is 0 Å². The van der Waals surface area contributed by atoms with Gasteiger partial charge in [-0.1, -0.05) is 31.9 Å². The molecule has 0 saturated heterocycles. The minimum Gasteiger partial charge on any atom is -0.494 e. The van der Waals surface area contributed by atoms with Crippen molar-refractivity contribution in [2.24, 2.45) is 5.73 Å². The summed E-state index contributed by atoms with van der Waals surface area (Å²) in [5, 5.41) is 8.90. The number of unbranched alkanes of at least 4 members (excludes halogenated alkanes) is 2. The lowest BCUT2D eigenvalue weighted by molar-refractivity contribution is 0.267. The first-order chi connectivity index (χ1) is 7.77. The fourth-order valence-corrected chi connectivity index (χ4v) is 1.46. The summed E-state index contributed by atoms with van der Waals surface area (Å²) in [7, 11) is 0. The highest BCUT2D eigenvalue weighted by molar-refractivity contribution is 5.29. The highest BCUT2D eigenvalue weighted by Crippen LogP contribution is 2.16. The van der Waals surface area contributed by atoms with E-state index >= 15 is 0 Å². The van der Waals surface area contributed by atoms with Crippen LogP contribution in [-0.2, 0) is 0 Å². The molecule has 0 aliphatic heterocycles. The monoisotopic (exact) mass is 223 g/mol. The highest BCUT2D eigenvalue weighted by Gasteiger charge is 2.03. The van der Waals surface area contributed by atoms with E-state index in [1.807, 2.05) is 24.3 Å². The predicted octanol–water partition coefficient (Wildman–Crippen LogP) is 2.25. The molecular formula is C13H21NO2. The van der Waals surface area contributed by atoms with E-state index in [1.165, 1.54) is 12.8 Å². The molecule has 0 heterocycles. The number of rotatable bonds is 7. The Hall–Kier alpha value is -1.06. The third-order valence-electron chi connectivity index (χ3n) is 2.52. The molecule has 0 saturated carbocycles. The lowest BCUT2D eigenvalue weighted by atomic mass is 10.1. The van der Waals surface area contributed by atoms with Crippen molar-refractivity contribution in [2.75, 3.05) is 13.2 Å². The van der Waals surface area contributed by atoms with Crippen molar-refractivity contribution in [3.63, 3.8) is 0 Å². The van der Waals surface area contributed by atoms with Crippen LogP contribution in [0.2, 0.25) is 0 Å². The molecule has 0 radical (unpaired) electrons. The van der Waals surface area contributed by atoms with Crippen LogP contribution >= 0.6 is 0 Å². The Bertz CT molecular complexity index is 284. The first-order valence-corrected chi connectivity index (χ1v) is 5.87. The van der Waals surface area contributed by atoms with Crippen molar-refractivity contribution in [1.29, 1.82) is 0 Å². The number of hydrogen-bond acceptors (Lipinski definition) is 3. The van der Waals surface area contributed by atoms with Gasteiger partial charge in [-0.15, -0.1) is 0 Å². The molecule has 0 aromatic heterocycles. The molecule has 0 amide bonds. The van der Waals surface area contributed by atoms with Crippen LogP contribution in [0.3, 0.4) is 0 Å². The molecule has 16 heavy (non-hydrogen) atoms. The Morgan fingerprint density at radius 1 is 1.25 bits per heavy atom. The standard InChI is InChI=1S/C13H21NO2/c1-2-3-4-9-16-12-7-5-11(6-8-12)13(14)10-15/h5-8,13,15H,2-4,9-10,14H2,1H3/t13-/m1/s1. The number of benzene rings is 1. The second kappa shape index (κ2) is 7.25. The van der Waals surface area contributed by atoms with Gasteiger partial charge in [0, 0.05) is 0 Å². The number of ether oxygens (including phenoxy) is 1. The van der Waals surface area contributed by atoms with Crippen LogP contribution in [0.25, 0.3) is 0 Å². The van der Waals surface area contributed by atoms with Crippen molar-refractivity contribution in [3.05, 3.63) is 29.8 Å². The summed E-state index contributed by atoms with van der Waals surface area (Å²) in [5.74, 6) is 0.866. The summed E-state index contributed by atoms with van der Waals surface area (Å²) < 4.78 is 5.57. The maximum absolute atomic E-state index is 8.90. The average molecular weight is 223 g/mol. The molecule has 3 heteroatoms. The van der Waals surface area contributed by atoms with Gasteiger partial charge in [-0.05, 0) is 24.1 Å². The van der Waals surface area contributed by atoms with Crippen LogP contribution in [-0.4, -0.2) is 18.3 Å². The molecule has 0 fully saturated rings. The zero-order valence-electron chi connectivity index (χ0n) is 9.86. The van der Waals surface area contributed by atoms with Crippen molar-refractivity contribution in [3.8, 4) is 5.75 Å². The van der Waals surface area contributed by atoms with Crippen LogP contribution in [0.5, 0.6) is 5.75 Å². The van der Waals surface area contributed by atoms with Crippen molar-refractivity contribution < 1.29 is 9.84 Å². The number of nitrogens with two attached hydrogens (primary N) is 1. The fourth-order valence-electron chi connectivity index (χ4n) is 1.46. The van der Waals surface area contributed by atoms with Gasteiger partial charge in [-0.2, -0.15) is 0 Å². The van der Waals surface area contributed by atoms with Crippen LogP contribution < -0.4 is 10.5 Å². The molecular weight excluding hydrogens is 202 g/mol. The zero-order chi connectivity index (χ0) is 11.8. The van der Waals surface area contributed by atoms with E-state index in [4.69, 9.17) is 15.6 Å². The van der Waals surface area contributed by atoms with Gasteiger partial charge in [0.25, 0.3) is 0 Å². The van der Waals surface area contributed by atoms with E-state index in [1.54, 1.807) is 0 Å². The third-order valence-corrected chi connectivity index (χ3v) is 2.52. The predicted molar refractivity (Wildman–Crippen MR) is 65.5 cm³/mol. The van der Waals surface area contributed by atoms with Gasteiger partial charge in [-0.25, -0.2) is 0 Å². The van der Waals surface area contributed by atoms with Gasteiger partial charge >= 0.3 is 0 Å². The van der Waals surface area contributed by atoms with Crippen LogP contribution in [0.1, 0.15) is 37.8 Å². The molecule has 0 unspecified atom stereocenters. The van der Waals surface area contributed by atoms with E-state index in [2.05, 4.69) is 6.92 Å². The van der Waals surface area contributed by atoms with Gasteiger partial charge in [0.2, 0.25) is 0 Å². The largest absolute Gasteiger partial charge is 0.494 e. The Kier molecular flexibility index (Phi) is 5.90. The van der Waals surface area contributed by atoms with Gasteiger partial charge < -0.3 is 15.6 Å². The van der Waals surface area contributed by atoms with Crippen molar-refractivity contribution in [1.82, 2.24) is 0 Å². The third kappa shape index (κ3) is 4.21. The topological polar surface area (TPSA) is 55.5 Å². The first-order valence-electron chi connectivity index (χ1n) is 5.87. The molecule has 0 spiro atoms. The SMILES string of the molecule is CCCCCOc1ccc([C@H](N)CO)cc1. The maximum Gasteiger partial charge on any atom is 0.119 e. The number of aliphatic hydroxyl groups is 1. The minimum atomic E-state index is -0.297. The molecule has 3 nitrogen and oxygen atoms in total. The fraction of sp³-hybridized carbons (Fsp3) is 0.538. The Labute approximate surface area is 97.2 Å². The molecule has 1 rings (SSSR count). The Morgan fingerprint density at radius 2 is 1.94 bits per heavy atom. The molecule has 1 aromatic carbocycles. The Morgan fingerprint density at radius 3 is 2.50 bits per heavy atom. The Balaban J connectivity index is 2.39. The molecule has 1 atom stereocenters. The van der Waals surface area contributed by atoms with Crippen LogP contribution in [0, 0.1) is 0 Å². The lowest BCUT2D eigenvalue weighted by Gasteiger charge is -2.10. The molecule has 1 aromatic rings. The van der Waals surface area contributed by atoms with Gasteiger partial charge in [0.15, 0.2) is 0 Å². The van der Waals surface area contributed by atoms with Crippen LogP contribution in [0.4, 0.5) is 0 Å². The van der Waals surface area contributed by atoms with E-state index in [0.29, 0.717) is 0 Å². The molecule has 0 bridgehead atoms. The normalized spacial score (nSPS) is 12.4. The maximum atomic E-state index is 8.90. The van der Waals surface area contributed by atoms with E-state index in [9.17, 15) is 0 Å². The smallest absolute Gasteiger partial charge is 0.119 e. The van der Waals surface area contributed by atoms with E-state index < -0.39 is 0 Å². The summed E-state index contributed by atoms with van der Waals surface area (Å²) in [4.78, 5) is 0. The van der Waals surface area contributed by atoms with E-state index in [-0.39, 0.29) is 12.6 Å². The van der Waals surface area contributed by atoms with Crippen molar-refractivity contribution in [2.45, 2.75) is 32.2 Å². The number of hydrogen-bond donors (Lipinski definition) is 2. The summed E-state index contributed by atoms with van der Waals surface area (Å²) in [6.07, 6.45) is 3.50. The molecule has 3 N–H and O–H groups in total. The average Bonchev–Trinajstić information content (AvgIpc) is 2.34. The quantitative estimate of drug-likeness (QED) is 0.697. The lowest BCUT2D eigenvalue weighted by Crippen LogP contribution is -2.14. The second-order valence-corrected chi connectivity index (χ2v) is 3.91. The summed E-state index contributed by atoms with van der Waals surface area (Å²) >= 11 is 0. The van der Waals surface area contributed by atoms with E-state index in [0.717, 1.165) is 24.3 Å². The summed E-state index contributed by atoms with van der Waals surface area (Å²) in [6.45, 7) is 2.90. The molecule has 90 valence electrons. The molecule has 0 aliphatic rings. The van der Waals surface area contributed by atoms with Gasteiger partial charge in [0.05, 0.1) is 19.3 Å². The first kappa shape index (κ1) is 13.0. The number of aliphatic hydroxyl groups excluding tert-OH is 1. The van der Waals surface area contributed by atoms with Crippen LogP contribution in [0.15, 0.2) is 24.3 Å². The van der Waals surface area contributed by atoms with Gasteiger partial charge in [0.1, 0.15) is 5.75 Å². The summed E-state index contributed by atoms with van der Waals surface area (Å²) in [6, 6.07) is 7.30. The summed E-state index contributed by atoms with van der Waals surface area (Å²) in [5.41, 5.74) is 6.63. The second-order valence-electron chi connectivity index (χ2n) is 3.91. The highest BCUT2D eigenvalue weighted by atomic mass is 16.5. The zero-order valence-corrected chi connectivity index (χ0v) is 9.86. The minimum absolute atomic E-state index is 0.0310. The molecule has 0 aliphatic carbocycles.